The second-order valence-electron chi connectivity index (χ2n) is 3.73. The molecule has 0 bridgehead atoms. The highest BCUT2D eigenvalue weighted by Gasteiger charge is 2.35. The lowest BCUT2D eigenvalue weighted by atomic mass is 10.1. The summed E-state index contributed by atoms with van der Waals surface area (Å²) in [7, 11) is 0. The minimum atomic E-state index is -2.88. The van der Waals surface area contributed by atoms with Gasteiger partial charge in [-0.05, 0) is 0 Å². The van der Waals surface area contributed by atoms with Gasteiger partial charge in [0, 0.05) is 12.3 Å². The van der Waals surface area contributed by atoms with Crippen molar-refractivity contribution in [2.24, 2.45) is 5.92 Å². The fraction of sp³-hybridized carbons (Fsp3) is 0.800. The summed E-state index contributed by atoms with van der Waals surface area (Å²) in [4.78, 5) is 0. The highest BCUT2D eigenvalue weighted by Crippen LogP contribution is 2.28. The molecule has 82 valence electrons. The van der Waals surface area contributed by atoms with Crippen LogP contribution in [-0.2, 0) is 9.47 Å². The Bertz CT molecular complexity index is 234. The SMILES string of the molecule is CCC1=C(C(C)C)OCC(F)(F)CO1. The summed E-state index contributed by atoms with van der Waals surface area (Å²) < 4.78 is 36.0. The van der Waals surface area contributed by atoms with Crippen LogP contribution in [-0.4, -0.2) is 19.1 Å². The van der Waals surface area contributed by atoms with Crippen LogP contribution in [0, 0.1) is 5.92 Å². The molecule has 0 saturated heterocycles. The summed E-state index contributed by atoms with van der Waals surface area (Å²) in [6, 6.07) is 0. The van der Waals surface area contributed by atoms with Gasteiger partial charge in [0.15, 0.2) is 13.2 Å². The maximum atomic E-state index is 12.9. The quantitative estimate of drug-likeness (QED) is 0.691. The molecule has 0 aromatic rings. The minimum Gasteiger partial charge on any atom is -0.488 e. The largest absolute Gasteiger partial charge is 0.488 e. The molecule has 0 atom stereocenters. The predicted molar refractivity (Wildman–Crippen MR) is 49.0 cm³/mol. The third-order valence-electron chi connectivity index (χ3n) is 2.02. The molecule has 0 aliphatic carbocycles. The van der Waals surface area contributed by atoms with E-state index >= 15 is 0 Å². The van der Waals surface area contributed by atoms with Gasteiger partial charge in [-0.15, -0.1) is 0 Å². The molecule has 1 rings (SSSR count). The van der Waals surface area contributed by atoms with Crippen LogP contribution in [0.15, 0.2) is 11.5 Å². The van der Waals surface area contributed by atoms with Gasteiger partial charge in [-0.25, -0.2) is 0 Å². The standard InChI is InChI=1S/C10H16F2O2/c1-4-8-9(7(2)3)14-6-10(11,12)5-13-8/h7H,4-6H2,1-3H3. The van der Waals surface area contributed by atoms with Crippen molar-refractivity contribution in [3.8, 4) is 0 Å². The van der Waals surface area contributed by atoms with Crippen molar-refractivity contribution in [1.29, 1.82) is 0 Å². The van der Waals surface area contributed by atoms with Gasteiger partial charge in [0.25, 0.3) is 0 Å². The third-order valence-corrected chi connectivity index (χ3v) is 2.02. The Kier molecular flexibility index (Phi) is 3.34. The normalized spacial score (nSPS) is 21.6. The molecule has 1 heterocycles. The predicted octanol–water partition coefficient (Wildman–Crippen LogP) is 2.95. The fourth-order valence-electron chi connectivity index (χ4n) is 1.33. The van der Waals surface area contributed by atoms with Crippen LogP contribution in [0.5, 0.6) is 0 Å². The van der Waals surface area contributed by atoms with E-state index in [0.717, 1.165) is 0 Å². The molecule has 0 unspecified atom stereocenters. The van der Waals surface area contributed by atoms with E-state index < -0.39 is 19.1 Å². The molecule has 0 fully saturated rings. The second kappa shape index (κ2) is 4.15. The van der Waals surface area contributed by atoms with Crippen LogP contribution in [0.25, 0.3) is 0 Å². The molecule has 0 spiro atoms. The lowest BCUT2D eigenvalue weighted by molar-refractivity contribution is -0.0874. The molecule has 1 aliphatic heterocycles. The van der Waals surface area contributed by atoms with Crippen LogP contribution in [0.4, 0.5) is 8.78 Å². The Labute approximate surface area is 82.9 Å². The summed E-state index contributed by atoms with van der Waals surface area (Å²) in [6.07, 6.45) is 0.587. The summed E-state index contributed by atoms with van der Waals surface area (Å²) in [5.41, 5.74) is 0. The van der Waals surface area contributed by atoms with Crippen LogP contribution < -0.4 is 0 Å². The van der Waals surface area contributed by atoms with Gasteiger partial charge < -0.3 is 9.47 Å². The zero-order valence-corrected chi connectivity index (χ0v) is 8.77. The molecule has 0 aromatic carbocycles. The van der Waals surface area contributed by atoms with Crippen molar-refractivity contribution in [2.75, 3.05) is 13.2 Å². The first-order valence-corrected chi connectivity index (χ1v) is 4.82. The van der Waals surface area contributed by atoms with Crippen molar-refractivity contribution in [3.05, 3.63) is 11.5 Å². The number of allylic oxidation sites excluding steroid dienone is 2. The number of hydrogen-bond donors (Lipinski definition) is 0. The molecule has 0 amide bonds. The Hall–Kier alpha value is -0.800. The molecular formula is C10H16F2O2. The minimum absolute atomic E-state index is 0.0823. The highest BCUT2D eigenvalue weighted by molar-refractivity contribution is 5.05. The molecule has 1 aliphatic rings. The van der Waals surface area contributed by atoms with Gasteiger partial charge in [-0.2, -0.15) is 8.78 Å². The van der Waals surface area contributed by atoms with E-state index in [1.165, 1.54) is 0 Å². The third kappa shape index (κ3) is 2.59. The van der Waals surface area contributed by atoms with Gasteiger partial charge in [0.1, 0.15) is 11.5 Å². The van der Waals surface area contributed by atoms with E-state index in [1.807, 2.05) is 20.8 Å². The second-order valence-corrected chi connectivity index (χ2v) is 3.73. The summed E-state index contributed by atoms with van der Waals surface area (Å²) in [5.74, 6) is -1.68. The number of ether oxygens (including phenoxy) is 2. The average molecular weight is 206 g/mol. The molecule has 2 nitrogen and oxygen atoms in total. The Morgan fingerprint density at radius 3 is 2.36 bits per heavy atom. The smallest absolute Gasteiger partial charge is 0.314 e. The molecule has 0 aromatic heterocycles. The van der Waals surface area contributed by atoms with E-state index in [4.69, 9.17) is 9.47 Å². The monoisotopic (exact) mass is 206 g/mol. The van der Waals surface area contributed by atoms with E-state index in [-0.39, 0.29) is 5.92 Å². The zero-order chi connectivity index (χ0) is 10.8. The lowest BCUT2D eigenvalue weighted by Gasteiger charge is -2.14. The van der Waals surface area contributed by atoms with Crippen molar-refractivity contribution in [2.45, 2.75) is 33.1 Å². The number of halogens is 2. The van der Waals surface area contributed by atoms with Gasteiger partial charge in [0.05, 0.1) is 0 Å². The van der Waals surface area contributed by atoms with Crippen LogP contribution in [0.3, 0.4) is 0 Å². The maximum Gasteiger partial charge on any atom is 0.314 e. The molecule has 0 saturated carbocycles. The van der Waals surface area contributed by atoms with E-state index in [2.05, 4.69) is 0 Å². The topological polar surface area (TPSA) is 18.5 Å². The van der Waals surface area contributed by atoms with Gasteiger partial charge in [0.2, 0.25) is 0 Å². The molecule has 14 heavy (non-hydrogen) atoms. The Morgan fingerprint density at radius 1 is 1.29 bits per heavy atom. The highest BCUT2D eigenvalue weighted by atomic mass is 19.3. The lowest BCUT2D eigenvalue weighted by Crippen LogP contribution is -2.27. The number of hydrogen-bond acceptors (Lipinski definition) is 2. The Morgan fingerprint density at radius 2 is 1.86 bits per heavy atom. The number of alkyl halides is 2. The molecule has 0 radical (unpaired) electrons. The van der Waals surface area contributed by atoms with Crippen molar-refractivity contribution >= 4 is 0 Å². The molecular weight excluding hydrogens is 190 g/mol. The van der Waals surface area contributed by atoms with Gasteiger partial charge in [-0.3, -0.25) is 0 Å². The van der Waals surface area contributed by atoms with E-state index in [1.54, 1.807) is 0 Å². The zero-order valence-electron chi connectivity index (χ0n) is 8.77. The summed E-state index contributed by atoms with van der Waals surface area (Å²) in [5, 5.41) is 0. The van der Waals surface area contributed by atoms with Gasteiger partial charge in [-0.1, -0.05) is 20.8 Å². The Balaban J connectivity index is 2.81. The van der Waals surface area contributed by atoms with Crippen LogP contribution in [0.1, 0.15) is 27.2 Å². The average Bonchev–Trinajstić information content (AvgIpc) is 2.23. The maximum absolute atomic E-state index is 12.9. The molecule has 0 N–H and O–H groups in total. The molecule has 4 heteroatoms. The van der Waals surface area contributed by atoms with E-state index in [9.17, 15) is 8.78 Å². The first-order valence-electron chi connectivity index (χ1n) is 4.82. The first-order chi connectivity index (χ1) is 6.46. The summed E-state index contributed by atoms with van der Waals surface area (Å²) >= 11 is 0. The van der Waals surface area contributed by atoms with Crippen molar-refractivity contribution in [3.63, 3.8) is 0 Å². The van der Waals surface area contributed by atoms with Crippen LogP contribution in [0.2, 0.25) is 0 Å². The van der Waals surface area contributed by atoms with Gasteiger partial charge >= 0.3 is 5.92 Å². The summed E-state index contributed by atoms with van der Waals surface area (Å²) in [6.45, 7) is 4.51. The fourth-order valence-corrected chi connectivity index (χ4v) is 1.33. The van der Waals surface area contributed by atoms with Crippen molar-refractivity contribution in [1.82, 2.24) is 0 Å². The van der Waals surface area contributed by atoms with Crippen LogP contribution >= 0.6 is 0 Å². The first kappa shape index (κ1) is 11.3. The van der Waals surface area contributed by atoms with Crippen molar-refractivity contribution < 1.29 is 18.3 Å². The van der Waals surface area contributed by atoms with E-state index in [0.29, 0.717) is 17.9 Å². The number of rotatable bonds is 2.